The zero-order valence-electron chi connectivity index (χ0n) is 7.52. The molecule has 0 heterocycles. The molecule has 0 saturated heterocycles. The third-order valence-corrected chi connectivity index (χ3v) is 4.52. The third kappa shape index (κ3) is 1.37. The van der Waals surface area contributed by atoms with Crippen LogP contribution in [0.2, 0.25) is 0 Å². The van der Waals surface area contributed by atoms with Crippen molar-refractivity contribution in [2.24, 2.45) is 0 Å². The van der Waals surface area contributed by atoms with Gasteiger partial charge in [0.15, 0.2) is 0 Å². The molecule has 0 aliphatic heterocycles. The van der Waals surface area contributed by atoms with Gasteiger partial charge in [0, 0.05) is 19.0 Å². The van der Waals surface area contributed by atoms with Crippen LogP contribution in [0.15, 0.2) is 33.2 Å². The van der Waals surface area contributed by atoms with Gasteiger partial charge in [0.25, 0.3) is 0 Å². The minimum Gasteiger partial charge on any atom is -0.0610 e. The van der Waals surface area contributed by atoms with Gasteiger partial charge in [-0.2, -0.15) is 0 Å². The van der Waals surface area contributed by atoms with Gasteiger partial charge in [0.1, 0.15) is 0 Å². The van der Waals surface area contributed by atoms with E-state index >= 15 is 0 Å². The fourth-order valence-corrected chi connectivity index (χ4v) is 4.42. The quantitative estimate of drug-likeness (QED) is 0.553. The normalized spacial score (nSPS) is 13.4. The van der Waals surface area contributed by atoms with Gasteiger partial charge < -0.3 is 0 Å². The third-order valence-electron chi connectivity index (χ3n) is 2.62. The van der Waals surface area contributed by atoms with Crippen LogP contribution in [0.3, 0.4) is 0 Å². The molecule has 0 radical (unpaired) electrons. The largest absolute Gasteiger partial charge is 0.0610 e. The van der Waals surface area contributed by atoms with Gasteiger partial charge in [-0.3, -0.25) is 0 Å². The first-order chi connectivity index (χ1) is 7.18. The van der Waals surface area contributed by atoms with Crippen LogP contribution in [0.4, 0.5) is 0 Å². The molecule has 0 N–H and O–H groups in total. The molecular weight excluding hydrogens is 384 g/mol. The molecule has 15 heavy (non-hydrogen) atoms. The van der Waals surface area contributed by atoms with E-state index in [-0.39, 0.29) is 0 Å². The first kappa shape index (κ1) is 10.1. The zero-order valence-corrected chi connectivity index (χ0v) is 12.3. The lowest BCUT2D eigenvalue weighted by molar-refractivity contribution is 1.63. The molecule has 2 aromatic carbocycles. The van der Waals surface area contributed by atoms with Crippen LogP contribution < -0.4 is 0 Å². The molecule has 0 unspecified atom stereocenters. The van der Waals surface area contributed by atoms with Crippen LogP contribution in [0.25, 0.3) is 21.3 Å². The highest BCUT2D eigenvalue weighted by Gasteiger charge is 2.18. The van der Waals surface area contributed by atoms with E-state index < -0.39 is 0 Å². The summed E-state index contributed by atoms with van der Waals surface area (Å²) in [5.74, 6) is 0. The maximum Gasteiger partial charge on any atom is 0.0276 e. The van der Waals surface area contributed by atoms with E-state index in [1.165, 1.54) is 21.9 Å². The SMILES string of the molecule is BrC1=Cc2cccc3c(Br)cc(Br)c1c23. The van der Waals surface area contributed by atoms with Crippen molar-refractivity contribution < 1.29 is 0 Å². The van der Waals surface area contributed by atoms with Crippen molar-refractivity contribution in [3.05, 3.63) is 44.3 Å². The van der Waals surface area contributed by atoms with E-state index in [0.717, 1.165) is 13.4 Å². The molecule has 0 saturated carbocycles. The van der Waals surface area contributed by atoms with E-state index in [9.17, 15) is 0 Å². The average molecular weight is 389 g/mol. The second-order valence-electron chi connectivity index (χ2n) is 3.48. The standard InChI is InChI=1S/C12H5Br3/c13-8-5-10(15)12-9(14)4-6-2-1-3-7(8)11(6)12/h1-5H. The second kappa shape index (κ2) is 3.44. The monoisotopic (exact) mass is 386 g/mol. The number of halogens is 3. The van der Waals surface area contributed by atoms with Crippen molar-refractivity contribution in [3.63, 3.8) is 0 Å². The lowest BCUT2D eigenvalue weighted by Crippen LogP contribution is -1.83. The van der Waals surface area contributed by atoms with Crippen molar-refractivity contribution >= 4 is 69.1 Å². The van der Waals surface area contributed by atoms with E-state index in [2.05, 4.69) is 78.1 Å². The summed E-state index contributed by atoms with van der Waals surface area (Å²) in [7, 11) is 0. The molecule has 0 nitrogen and oxygen atoms in total. The summed E-state index contributed by atoms with van der Waals surface area (Å²) < 4.78 is 3.40. The molecule has 0 bridgehead atoms. The maximum atomic E-state index is 3.60. The van der Waals surface area contributed by atoms with E-state index in [4.69, 9.17) is 0 Å². The Bertz CT molecular complexity index is 612. The van der Waals surface area contributed by atoms with Gasteiger partial charge in [0.2, 0.25) is 0 Å². The van der Waals surface area contributed by atoms with Crippen molar-refractivity contribution in [1.29, 1.82) is 0 Å². The highest BCUT2D eigenvalue weighted by Crippen LogP contribution is 2.45. The Balaban J connectivity index is 2.61. The Morgan fingerprint density at radius 1 is 0.933 bits per heavy atom. The summed E-state index contributed by atoms with van der Waals surface area (Å²) in [5, 5.41) is 2.57. The fourth-order valence-electron chi connectivity index (χ4n) is 1.99. The lowest BCUT2D eigenvalue weighted by atomic mass is 10.0. The van der Waals surface area contributed by atoms with Crippen LogP contribution in [0.1, 0.15) is 11.1 Å². The molecule has 2 aromatic rings. The topological polar surface area (TPSA) is 0 Å². The summed E-state index contributed by atoms with van der Waals surface area (Å²) in [6.07, 6.45) is 2.16. The molecular formula is C12H5Br3. The van der Waals surface area contributed by atoms with Crippen LogP contribution >= 0.6 is 47.8 Å². The van der Waals surface area contributed by atoms with Gasteiger partial charge in [-0.1, -0.05) is 66.0 Å². The van der Waals surface area contributed by atoms with Crippen molar-refractivity contribution in [2.75, 3.05) is 0 Å². The van der Waals surface area contributed by atoms with Gasteiger partial charge in [-0.05, 0) is 28.5 Å². The summed E-state index contributed by atoms with van der Waals surface area (Å²) in [4.78, 5) is 0. The van der Waals surface area contributed by atoms with Gasteiger partial charge in [-0.25, -0.2) is 0 Å². The molecule has 1 aliphatic rings. The highest BCUT2D eigenvalue weighted by molar-refractivity contribution is 9.15. The number of benzene rings is 2. The first-order valence-electron chi connectivity index (χ1n) is 4.47. The molecule has 3 rings (SSSR count). The van der Waals surface area contributed by atoms with Crippen molar-refractivity contribution in [3.8, 4) is 0 Å². The zero-order chi connectivity index (χ0) is 10.6. The van der Waals surface area contributed by atoms with Crippen molar-refractivity contribution in [2.45, 2.75) is 0 Å². The van der Waals surface area contributed by atoms with Gasteiger partial charge in [-0.15, -0.1) is 0 Å². The van der Waals surface area contributed by atoms with E-state index in [0.29, 0.717) is 0 Å². The molecule has 0 aromatic heterocycles. The van der Waals surface area contributed by atoms with Crippen molar-refractivity contribution in [1.82, 2.24) is 0 Å². The highest BCUT2D eigenvalue weighted by atomic mass is 79.9. The Morgan fingerprint density at radius 2 is 1.73 bits per heavy atom. The summed E-state index contributed by atoms with van der Waals surface area (Å²) in [6.45, 7) is 0. The Kier molecular flexibility index (Phi) is 2.31. The molecule has 0 fully saturated rings. The second-order valence-corrected chi connectivity index (χ2v) is 6.04. The first-order valence-corrected chi connectivity index (χ1v) is 6.84. The van der Waals surface area contributed by atoms with Crippen LogP contribution in [0.5, 0.6) is 0 Å². The summed E-state index contributed by atoms with van der Waals surface area (Å²) in [5.41, 5.74) is 2.53. The molecule has 1 aliphatic carbocycles. The molecule has 0 atom stereocenters. The minimum absolute atomic E-state index is 1.12. The van der Waals surface area contributed by atoms with E-state index in [1.54, 1.807) is 0 Å². The fraction of sp³-hybridized carbons (Fsp3) is 0. The number of hydrogen-bond acceptors (Lipinski definition) is 0. The van der Waals surface area contributed by atoms with Gasteiger partial charge in [0.05, 0.1) is 0 Å². The van der Waals surface area contributed by atoms with Crippen LogP contribution in [-0.2, 0) is 0 Å². The lowest BCUT2D eigenvalue weighted by Gasteiger charge is -2.07. The molecule has 0 spiro atoms. The predicted molar refractivity (Wildman–Crippen MR) is 76.1 cm³/mol. The molecule has 3 heteroatoms. The maximum absolute atomic E-state index is 3.60. The van der Waals surface area contributed by atoms with Crippen LogP contribution in [-0.4, -0.2) is 0 Å². The summed E-state index contributed by atoms with van der Waals surface area (Å²) in [6, 6.07) is 8.46. The Hall–Kier alpha value is -0.120. The molecule has 0 amide bonds. The summed E-state index contributed by atoms with van der Waals surface area (Å²) >= 11 is 10.8. The van der Waals surface area contributed by atoms with Crippen LogP contribution in [0, 0.1) is 0 Å². The number of rotatable bonds is 0. The van der Waals surface area contributed by atoms with E-state index in [1.807, 2.05) is 0 Å². The smallest absolute Gasteiger partial charge is 0.0276 e. The number of hydrogen-bond donors (Lipinski definition) is 0. The Labute approximate surface area is 113 Å². The minimum atomic E-state index is 1.12. The van der Waals surface area contributed by atoms with Gasteiger partial charge >= 0.3 is 0 Å². The average Bonchev–Trinajstić information content (AvgIpc) is 2.51. The molecule has 74 valence electrons. The Morgan fingerprint density at radius 3 is 2.53 bits per heavy atom. The predicted octanol–water partition coefficient (Wildman–Crippen LogP) is 5.57.